The number of nitrogens with one attached hydrogen (secondary N) is 2. The minimum atomic E-state index is -0.887. The third-order valence-electron chi connectivity index (χ3n) is 4.12. The average Bonchev–Trinajstić information content (AvgIpc) is 2.75. The number of carbonyl (C=O) groups is 2. The summed E-state index contributed by atoms with van der Waals surface area (Å²) in [7, 11) is 1.52. The van der Waals surface area contributed by atoms with Gasteiger partial charge in [-0.1, -0.05) is 36.4 Å². The first kappa shape index (κ1) is 19.9. The number of carbonyl (C=O) groups excluding carboxylic acids is 2. The average molecular weight is 391 g/mol. The molecule has 3 rings (SSSR count). The van der Waals surface area contributed by atoms with Crippen LogP contribution in [-0.2, 0) is 9.59 Å². The largest absolute Gasteiger partial charge is 0.497 e. The second-order valence-corrected chi connectivity index (χ2v) is 6.02. The smallest absolute Gasteiger partial charge is 0.329 e. The van der Waals surface area contributed by atoms with E-state index in [0.29, 0.717) is 23.8 Å². The van der Waals surface area contributed by atoms with E-state index in [1.807, 2.05) is 43.3 Å². The number of rotatable bonds is 6. The number of anilines is 1. The second-order valence-electron chi connectivity index (χ2n) is 6.02. The number of hydrogen-bond donors (Lipinski definition) is 2. The second kappa shape index (κ2) is 9.36. The molecule has 148 valence electrons. The molecule has 0 aliphatic carbocycles. The Morgan fingerprint density at radius 1 is 1.03 bits per heavy atom. The third kappa shape index (κ3) is 4.90. The van der Waals surface area contributed by atoms with Crippen molar-refractivity contribution in [3.05, 3.63) is 66.2 Å². The molecule has 0 unspecified atom stereocenters. The van der Waals surface area contributed by atoms with Crippen LogP contribution in [-0.4, -0.2) is 31.7 Å². The molecule has 0 aliphatic rings. The number of ether oxygens (including phenoxy) is 2. The van der Waals surface area contributed by atoms with Crippen LogP contribution >= 0.6 is 0 Å². The monoisotopic (exact) mass is 391 g/mol. The van der Waals surface area contributed by atoms with Crippen molar-refractivity contribution < 1.29 is 19.1 Å². The van der Waals surface area contributed by atoms with E-state index in [9.17, 15) is 9.59 Å². The molecule has 0 aromatic heterocycles. The summed E-state index contributed by atoms with van der Waals surface area (Å²) >= 11 is 0. The fourth-order valence-electron chi connectivity index (χ4n) is 2.79. The molecule has 29 heavy (non-hydrogen) atoms. The van der Waals surface area contributed by atoms with E-state index >= 15 is 0 Å². The molecule has 0 saturated carbocycles. The maximum atomic E-state index is 12.1. The van der Waals surface area contributed by atoms with Crippen LogP contribution in [0, 0.1) is 0 Å². The summed E-state index contributed by atoms with van der Waals surface area (Å²) in [5.74, 6) is -0.508. The lowest BCUT2D eigenvalue weighted by atomic mass is 10.0. The van der Waals surface area contributed by atoms with Crippen LogP contribution in [0.15, 0.2) is 65.8 Å². The van der Waals surface area contributed by atoms with E-state index in [1.165, 1.54) is 13.3 Å². The standard InChI is InChI=1S/C22H21N3O4/c1-3-29-20-12-11-15-7-4-5-10-18(15)19(20)14-23-25-22(27)21(26)24-16-8-6-9-17(13-16)28-2/h4-14H,3H2,1-2H3,(H,24,26)(H,25,27)/b23-14-. The first-order valence-electron chi connectivity index (χ1n) is 9.05. The molecule has 0 fully saturated rings. The fraction of sp³-hybridized carbons (Fsp3) is 0.136. The number of nitrogens with zero attached hydrogens (tertiary/aromatic N) is 1. The van der Waals surface area contributed by atoms with Gasteiger partial charge in [0, 0.05) is 17.3 Å². The predicted octanol–water partition coefficient (Wildman–Crippen LogP) is 3.34. The molecule has 7 nitrogen and oxygen atoms in total. The Morgan fingerprint density at radius 2 is 1.86 bits per heavy atom. The van der Waals surface area contributed by atoms with E-state index in [4.69, 9.17) is 9.47 Å². The van der Waals surface area contributed by atoms with Gasteiger partial charge in [0.2, 0.25) is 0 Å². The summed E-state index contributed by atoms with van der Waals surface area (Å²) in [6.07, 6.45) is 1.48. The van der Waals surface area contributed by atoms with Gasteiger partial charge in [0.1, 0.15) is 11.5 Å². The lowest BCUT2D eigenvalue weighted by Crippen LogP contribution is -2.32. The third-order valence-corrected chi connectivity index (χ3v) is 4.12. The quantitative estimate of drug-likeness (QED) is 0.383. The van der Waals surface area contributed by atoms with Crippen molar-refractivity contribution in [3.63, 3.8) is 0 Å². The highest BCUT2D eigenvalue weighted by molar-refractivity contribution is 6.39. The Labute approximate surface area is 168 Å². The van der Waals surface area contributed by atoms with Crippen molar-refractivity contribution in [1.82, 2.24) is 5.43 Å². The van der Waals surface area contributed by atoms with Crippen LogP contribution < -0.4 is 20.2 Å². The number of hydrazone groups is 1. The summed E-state index contributed by atoms with van der Waals surface area (Å²) in [5, 5.41) is 8.38. The Kier molecular flexibility index (Phi) is 6.42. The van der Waals surface area contributed by atoms with Gasteiger partial charge in [-0.3, -0.25) is 9.59 Å². The normalized spacial score (nSPS) is 10.7. The number of benzene rings is 3. The van der Waals surface area contributed by atoms with Crippen LogP contribution in [0.5, 0.6) is 11.5 Å². The molecular formula is C22H21N3O4. The SMILES string of the molecule is CCOc1ccc2ccccc2c1/C=N\NC(=O)C(=O)Nc1cccc(OC)c1. The minimum Gasteiger partial charge on any atom is -0.497 e. The summed E-state index contributed by atoms with van der Waals surface area (Å²) in [6.45, 7) is 2.38. The van der Waals surface area contributed by atoms with Gasteiger partial charge >= 0.3 is 11.8 Å². The first-order chi connectivity index (χ1) is 14.1. The van der Waals surface area contributed by atoms with E-state index in [1.54, 1.807) is 24.3 Å². The van der Waals surface area contributed by atoms with E-state index < -0.39 is 11.8 Å². The Hall–Kier alpha value is -3.87. The number of hydrogen-bond acceptors (Lipinski definition) is 5. The molecule has 0 atom stereocenters. The first-order valence-corrected chi connectivity index (χ1v) is 9.05. The molecule has 0 spiro atoms. The molecule has 7 heteroatoms. The fourth-order valence-corrected chi connectivity index (χ4v) is 2.79. The molecule has 0 saturated heterocycles. The van der Waals surface area contributed by atoms with Gasteiger partial charge in [-0.25, -0.2) is 5.43 Å². The van der Waals surface area contributed by atoms with Gasteiger partial charge in [-0.2, -0.15) is 5.10 Å². The van der Waals surface area contributed by atoms with Crippen LogP contribution in [0.25, 0.3) is 10.8 Å². The van der Waals surface area contributed by atoms with E-state index in [0.717, 1.165) is 16.3 Å². The van der Waals surface area contributed by atoms with Crippen molar-refractivity contribution in [2.24, 2.45) is 5.10 Å². The van der Waals surface area contributed by atoms with Crippen molar-refractivity contribution in [2.75, 3.05) is 19.0 Å². The minimum absolute atomic E-state index is 0.446. The highest BCUT2D eigenvalue weighted by atomic mass is 16.5. The van der Waals surface area contributed by atoms with Crippen LogP contribution in [0.3, 0.4) is 0 Å². The summed E-state index contributed by atoms with van der Waals surface area (Å²) < 4.78 is 10.7. The predicted molar refractivity (Wildman–Crippen MR) is 112 cm³/mol. The molecule has 0 heterocycles. The summed E-state index contributed by atoms with van der Waals surface area (Å²) in [6, 6.07) is 18.3. The Morgan fingerprint density at radius 3 is 2.66 bits per heavy atom. The Balaban J connectivity index is 1.72. The zero-order chi connectivity index (χ0) is 20.6. The van der Waals surface area contributed by atoms with E-state index in [2.05, 4.69) is 15.8 Å². The molecule has 0 bridgehead atoms. The highest BCUT2D eigenvalue weighted by Crippen LogP contribution is 2.26. The molecule has 3 aromatic carbocycles. The summed E-state index contributed by atoms with van der Waals surface area (Å²) in [5.41, 5.74) is 3.41. The van der Waals surface area contributed by atoms with Crippen molar-refractivity contribution in [2.45, 2.75) is 6.92 Å². The number of amides is 2. The molecule has 2 N–H and O–H groups in total. The van der Waals surface area contributed by atoms with Gasteiger partial charge in [0.15, 0.2) is 0 Å². The topological polar surface area (TPSA) is 89.0 Å². The van der Waals surface area contributed by atoms with Gasteiger partial charge in [-0.15, -0.1) is 0 Å². The number of methoxy groups -OCH3 is 1. The van der Waals surface area contributed by atoms with Crippen LogP contribution in [0.1, 0.15) is 12.5 Å². The lowest BCUT2D eigenvalue weighted by Gasteiger charge is -2.10. The van der Waals surface area contributed by atoms with Crippen molar-refractivity contribution >= 4 is 34.5 Å². The zero-order valence-electron chi connectivity index (χ0n) is 16.1. The molecule has 0 radical (unpaired) electrons. The molecule has 3 aromatic rings. The molecular weight excluding hydrogens is 370 g/mol. The van der Waals surface area contributed by atoms with Crippen LogP contribution in [0.2, 0.25) is 0 Å². The Bertz CT molecular complexity index is 1060. The summed E-state index contributed by atoms with van der Waals surface area (Å²) in [4.78, 5) is 24.1. The van der Waals surface area contributed by atoms with Gasteiger partial charge < -0.3 is 14.8 Å². The lowest BCUT2D eigenvalue weighted by molar-refractivity contribution is -0.136. The zero-order valence-corrected chi connectivity index (χ0v) is 16.1. The van der Waals surface area contributed by atoms with Crippen molar-refractivity contribution in [3.8, 4) is 11.5 Å². The maximum absolute atomic E-state index is 12.1. The van der Waals surface area contributed by atoms with Crippen molar-refractivity contribution in [1.29, 1.82) is 0 Å². The van der Waals surface area contributed by atoms with E-state index in [-0.39, 0.29) is 0 Å². The number of fused-ring (bicyclic) bond motifs is 1. The van der Waals surface area contributed by atoms with Gasteiger partial charge in [-0.05, 0) is 35.9 Å². The highest BCUT2D eigenvalue weighted by Gasteiger charge is 2.13. The van der Waals surface area contributed by atoms with Crippen LogP contribution in [0.4, 0.5) is 5.69 Å². The van der Waals surface area contributed by atoms with Gasteiger partial charge in [0.25, 0.3) is 0 Å². The molecule has 0 aliphatic heterocycles. The van der Waals surface area contributed by atoms with Gasteiger partial charge in [0.05, 0.1) is 19.9 Å². The maximum Gasteiger partial charge on any atom is 0.329 e. The molecule has 2 amide bonds.